The Kier molecular flexibility index (Phi) is 4.68. The Balaban J connectivity index is 1.60. The van der Waals surface area contributed by atoms with Gasteiger partial charge in [0.25, 0.3) is 0 Å². The Labute approximate surface area is 145 Å². The van der Waals surface area contributed by atoms with Crippen molar-refractivity contribution < 1.29 is 4.79 Å². The number of nitrogens with two attached hydrogens (primary N) is 1. The molecular formula is C16H13BrN4OS. The van der Waals surface area contributed by atoms with Crippen LogP contribution in [0.25, 0.3) is 10.2 Å². The molecule has 0 saturated carbocycles. The number of amides is 1. The molecule has 5 nitrogen and oxygen atoms in total. The van der Waals surface area contributed by atoms with E-state index in [9.17, 15) is 4.79 Å². The average molecular weight is 389 g/mol. The summed E-state index contributed by atoms with van der Waals surface area (Å²) in [6.07, 6.45) is 1.86. The van der Waals surface area contributed by atoms with Gasteiger partial charge in [0.05, 0.1) is 22.9 Å². The van der Waals surface area contributed by atoms with Crippen LogP contribution in [0.15, 0.2) is 52.0 Å². The molecular weight excluding hydrogens is 376 g/mol. The van der Waals surface area contributed by atoms with Crippen molar-refractivity contribution in [2.24, 2.45) is 5.10 Å². The number of rotatable bonds is 4. The largest absolute Gasteiger partial charge is 0.375 e. The van der Waals surface area contributed by atoms with Crippen LogP contribution in [-0.4, -0.2) is 17.1 Å². The zero-order valence-corrected chi connectivity index (χ0v) is 14.4. The van der Waals surface area contributed by atoms with Crippen molar-refractivity contribution in [3.05, 3.63) is 58.1 Å². The van der Waals surface area contributed by atoms with Gasteiger partial charge in [0.1, 0.15) is 0 Å². The number of benzene rings is 2. The van der Waals surface area contributed by atoms with Gasteiger partial charge in [0.15, 0.2) is 5.13 Å². The number of halogens is 1. The van der Waals surface area contributed by atoms with Crippen molar-refractivity contribution in [2.45, 2.75) is 6.42 Å². The molecule has 0 aliphatic heterocycles. The Hall–Kier alpha value is -2.25. The van der Waals surface area contributed by atoms with Crippen LogP contribution in [0.3, 0.4) is 0 Å². The van der Waals surface area contributed by atoms with E-state index in [1.54, 1.807) is 6.21 Å². The smallest absolute Gasteiger partial charge is 0.244 e. The van der Waals surface area contributed by atoms with Gasteiger partial charge in [-0.2, -0.15) is 5.10 Å². The van der Waals surface area contributed by atoms with Crippen molar-refractivity contribution in [2.75, 3.05) is 5.73 Å². The van der Waals surface area contributed by atoms with Crippen LogP contribution in [0.1, 0.15) is 11.1 Å². The van der Waals surface area contributed by atoms with Gasteiger partial charge < -0.3 is 5.73 Å². The molecule has 3 aromatic rings. The minimum atomic E-state index is -0.171. The summed E-state index contributed by atoms with van der Waals surface area (Å²) in [6.45, 7) is 0. The number of thiazole rings is 1. The highest BCUT2D eigenvalue weighted by Gasteiger charge is 2.06. The summed E-state index contributed by atoms with van der Waals surface area (Å²) in [5, 5.41) is 4.49. The number of nitrogen functional groups attached to an aromatic ring is 1. The molecule has 0 spiro atoms. The second-order valence-electron chi connectivity index (χ2n) is 4.88. The third kappa shape index (κ3) is 4.14. The van der Waals surface area contributed by atoms with Crippen LogP contribution in [0.2, 0.25) is 0 Å². The summed E-state index contributed by atoms with van der Waals surface area (Å²) in [5.74, 6) is -0.171. The van der Waals surface area contributed by atoms with Crippen molar-refractivity contribution in [1.82, 2.24) is 10.4 Å². The SMILES string of the molecule is Nc1nc2ccc(CC(=O)N/N=C\c3ccc(Br)cc3)cc2s1. The van der Waals surface area contributed by atoms with E-state index in [1.807, 2.05) is 42.5 Å². The van der Waals surface area contributed by atoms with Crippen LogP contribution in [0.5, 0.6) is 0 Å². The van der Waals surface area contributed by atoms with E-state index >= 15 is 0 Å². The minimum absolute atomic E-state index is 0.171. The first-order chi connectivity index (χ1) is 11.1. The Morgan fingerprint density at radius 3 is 2.87 bits per heavy atom. The lowest BCUT2D eigenvalue weighted by Crippen LogP contribution is -2.19. The van der Waals surface area contributed by atoms with Gasteiger partial charge in [-0.3, -0.25) is 4.79 Å². The lowest BCUT2D eigenvalue weighted by Gasteiger charge is -2.00. The van der Waals surface area contributed by atoms with Gasteiger partial charge in [-0.25, -0.2) is 10.4 Å². The van der Waals surface area contributed by atoms with E-state index in [0.717, 1.165) is 25.8 Å². The summed E-state index contributed by atoms with van der Waals surface area (Å²) in [6, 6.07) is 13.3. The first kappa shape index (κ1) is 15.6. The molecule has 0 unspecified atom stereocenters. The van der Waals surface area contributed by atoms with Crippen molar-refractivity contribution in [3.8, 4) is 0 Å². The molecule has 3 rings (SSSR count). The van der Waals surface area contributed by atoms with Gasteiger partial charge in [-0.15, -0.1) is 0 Å². The normalized spacial score (nSPS) is 11.2. The van der Waals surface area contributed by atoms with Crippen molar-refractivity contribution in [1.29, 1.82) is 0 Å². The molecule has 2 aromatic carbocycles. The lowest BCUT2D eigenvalue weighted by molar-refractivity contribution is -0.120. The molecule has 7 heteroatoms. The molecule has 0 fully saturated rings. The number of aromatic nitrogens is 1. The number of nitrogens with one attached hydrogen (secondary N) is 1. The summed E-state index contributed by atoms with van der Waals surface area (Å²) in [7, 11) is 0. The zero-order chi connectivity index (χ0) is 16.2. The Morgan fingerprint density at radius 1 is 1.30 bits per heavy atom. The number of carbonyl (C=O) groups excluding carboxylic acids is 1. The van der Waals surface area contributed by atoms with Gasteiger partial charge in [0, 0.05) is 4.47 Å². The fraction of sp³-hybridized carbons (Fsp3) is 0.0625. The van der Waals surface area contributed by atoms with Crippen LogP contribution in [-0.2, 0) is 11.2 Å². The van der Waals surface area contributed by atoms with Crippen LogP contribution < -0.4 is 11.2 Å². The van der Waals surface area contributed by atoms with E-state index in [4.69, 9.17) is 5.73 Å². The fourth-order valence-corrected chi connectivity index (χ4v) is 3.11. The molecule has 1 amide bonds. The minimum Gasteiger partial charge on any atom is -0.375 e. The number of carbonyl (C=O) groups is 1. The number of hydrogen-bond acceptors (Lipinski definition) is 5. The number of hydrazone groups is 1. The maximum Gasteiger partial charge on any atom is 0.244 e. The van der Waals surface area contributed by atoms with Crippen LogP contribution in [0.4, 0.5) is 5.13 Å². The highest BCUT2D eigenvalue weighted by Crippen LogP contribution is 2.24. The number of fused-ring (bicyclic) bond motifs is 1. The standard InChI is InChI=1S/C16H13BrN4OS/c17-12-4-1-10(2-5-12)9-19-21-15(22)8-11-3-6-13-14(7-11)23-16(18)20-13/h1-7,9H,8H2,(H2,18,20)(H,21,22)/b19-9-. The van der Waals surface area contributed by atoms with E-state index in [2.05, 4.69) is 31.4 Å². The summed E-state index contributed by atoms with van der Waals surface area (Å²) < 4.78 is 1.98. The molecule has 0 bridgehead atoms. The first-order valence-corrected chi connectivity index (χ1v) is 8.43. The van der Waals surface area contributed by atoms with E-state index in [-0.39, 0.29) is 12.3 Å². The number of hydrogen-bond donors (Lipinski definition) is 2. The molecule has 0 saturated heterocycles. The topological polar surface area (TPSA) is 80.4 Å². The summed E-state index contributed by atoms with van der Waals surface area (Å²) in [5.41, 5.74) is 10.9. The zero-order valence-electron chi connectivity index (χ0n) is 12.0. The maximum atomic E-state index is 11.9. The van der Waals surface area contributed by atoms with Crippen LogP contribution in [0, 0.1) is 0 Å². The predicted octanol–water partition coefficient (Wildman–Crippen LogP) is 3.33. The van der Waals surface area contributed by atoms with E-state index in [0.29, 0.717) is 5.13 Å². The van der Waals surface area contributed by atoms with Gasteiger partial charge in [-0.05, 0) is 35.4 Å². The van der Waals surface area contributed by atoms with Gasteiger partial charge >= 0.3 is 0 Å². The fourth-order valence-electron chi connectivity index (χ4n) is 2.05. The molecule has 0 radical (unpaired) electrons. The van der Waals surface area contributed by atoms with Crippen LogP contribution >= 0.6 is 27.3 Å². The second-order valence-corrected chi connectivity index (χ2v) is 6.85. The predicted molar refractivity (Wildman–Crippen MR) is 97.6 cm³/mol. The van der Waals surface area contributed by atoms with E-state index in [1.165, 1.54) is 11.3 Å². The van der Waals surface area contributed by atoms with E-state index < -0.39 is 0 Å². The molecule has 1 aromatic heterocycles. The summed E-state index contributed by atoms with van der Waals surface area (Å²) >= 11 is 4.78. The number of anilines is 1. The second kappa shape index (κ2) is 6.89. The average Bonchev–Trinajstić information content (AvgIpc) is 2.88. The monoisotopic (exact) mass is 388 g/mol. The lowest BCUT2D eigenvalue weighted by atomic mass is 10.1. The molecule has 1 heterocycles. The Bertz CT molecular complexity index is 873. The molecule has 3 N–H and O–H groups in total. The quantitative estimate of drug-likeness (QED) is 0.531. The highest BCUT2D eigenvalue weighted by molar-refractivity contribution is 9.10. The van der Waals surface area contributed by atoms with Crippen molar-refractivity contribution >= 4 is 54.7 Å². The summed E-state index contributed by atoms with van der Waals surface area (Å²) in [4.78, 5) is 16.1. The number of nitrogens with zero attached hydrogens (tertiary/aromatic N) is 2. The molecule has 23 heavy (non-hydrogen) atoms. The third-order valence-electron chi connectivity index (χ3n) is 3.11. The molecule has 0 aliphatic rings. The van der Waals surface area contributed by atoms with Gasteiger partial charge in [0.2, 0.25) is 5.91 Å². The molecule has 0 aliphatic carbocycles. The third-order valence-corrected chi connectivity index (χ3v) is 4.48. The van der Waals surface area contributed by atoms with Gasteiger partial charge in [-0.1, -0.05) is 45.5 Å². The van der Waals surface area contributed by atoms with Crippen molar-refractivity contribution in [3.63, 3.8) is 0 Å². The molecule has 0 atom stereocenters. The molecule has 116 valence electrons. The maximum absolute atomic E-state index is 11.9. The first-order valence-electron chi connectivity index (χ1n) is 6.82. The highest BCUT2D eigenvalue weighted by atomic mass is 79.9. The Morgan fingerprint density at radius 2 is 2.09 bits per heavy atom.